The van der Waals surface area contributed by atoms with Crippen molar-refractivity contribution in [1.82, 2.24) is 9.66 Å². The monoisotopic (exact) mass is 533 g/mol. The van der Waals surface area contributed by atoms with E-state index in [4.69, 9.17) is 14.5 Å². The zero-order chi connectivity index (χ0) is 25.2. The molecule has 0 atom stereocenters. The second-order valence-corrected chi connectivity index (χ2v) is 10.3. The molecule has 0 bridgehead atoms. The lowest BCUT2D eigenvalue weighted by Crippen LogP contribution is -2.29. The van der Waals surface area contributed by atoms with E-state index < -0.39 is 0 Å². The van der Waals surface area contributed by atoms with Gasteiger partial charge in [-0.1, -0.05) is 66.5 Å². The molecule has 0 saturated heterocycles. The van der Waals surface area contributed by atoms with Gasteiger partial charge >= 0.3 is 0 Å². The summed E-state index contributed by atoms with van der Waals surface area (Å²) < 4.78 is 13.7. The Hall–Kier alpha value is -3.45. The first-order valence-corrected chi connectivity index (χ1v) is 12.1. The van der Waals surface area contributed by atoms with Crippen molar-refractivity contribution in [3.63, 3.8) is 0 Å². The predicted octanol–water partition coefficient (Wildman–Crippen LogP) is 6.23. The van der Waals surface area contributed by atoms with Gasteiger partial charge in [0.25, 0.3) is 5.56 Å². The van der Waals surface area contributed by atoms with Crippen LogP contribution < -0.4 is 15.0 Å². The molecule has 4 aromatic rings. The van der Waals surface area contributed by atoms with Crippen LogP contribution in [-0.2, 0) is 12.0 Å². The highest BCUT2D eigenvalue weighted by atomic mass is 79.9. The maximum Gasteiger partial charge on any atom is 0.282 e. The van der Waals surface area contributed by atoms with E-state index in [0.29, 0.717) is 34.8 Å². The molecule has 0 fully saturated rings. The number of ether oxygens (including phenoxy) is 2. The summed E-state index contributed by atoms with van der Waals surface area (Å²) in [6.07, 6.45) is 1.63. The molecule has 0 N–H and O–H groups in total. The van der Waals surface area contributed by atoms with Gasteiger partial charge in [-0.25, -0.2) is 4.98 Å². The summed E-state index contributed by atoms with van der Waals surface area (Å²) >= 11 is 3.44. The first-order chi connectivity index (χ1) is 16.7. The Morgan fingerprint density at radius 3 is 2.57 bits per heavy atom. The smallest absolute Gasteiger partial charge is 0.282 e. The van der Waals surface area contributed by atoms with Crippen molar-refractivity contribution in [2.45, 2.75) is 39.7 Å². The third kappa shape index (κ3) is 5.62. The number of hydrogen-bond donors (Lipinski definition) is 0. The Kier molecular flexibility index (Phi) is 7.08. The van der Waals surface area contributed by atoms with Gasteiger partial charge in [0.2, 0.25) is 0 Å². The Morgan fingerprint density at radius 2 is 1.86 bits per heavy atom. The number of halogens is 1. The fraction of sp³-hybridized carbons (Fsp3) is 0.250. The summed E-state index contributed by atoms with van der Waals surface area (Å²) in [7, 11) is 1.60. The number of nitrogens with zero attached hydrogens (tertiary/aromatic N) is 3. The molecule has 7 heteroatoms. The molecule has 0 spiro atoms. The maximum absolute atomic E-state index is 13.3. The van der Waals surface area contributed by atoms with Crippen LogP contribution in [-0.4, -0.2) is 23.0 Å². The highest BCUT2D eigenvalue weighted by molar-refractivity contribution is 9.10. The molecular formula is C28H28BrN3O3. The fourth-order valence-electron chi connectivity index (χ4n) is 3.71. The minimum Gasteiger partial charge on any atom is -0.493 e. The quantitative estimate of drug-likeness (QED) is 0.275. The van der Waals surface area contributed by atoms with E-state index in [2.05, 4.69) is 40.1 Å². The van der Waals surface area contributed by atoms with Crippen LogP contribution in [0, 0.1) is 6.92 Å². The SMILES string of the molecule is COc1cc(C=Nn2c(C(C)(C)C)nc3ccc(Br)cc3c2=O)ccc1OCc1cccc(C)c1. The molecule has 4 rings (SSSR count). The van der Waals surface area contributed by atoms with Crippen molar-refractivity contribution >= 4 is 33.0 Å². The number of rotatable bonds is 6. The molecular weight excluding hydrogens is 506 g/mol. The zero-order valence-corrected chi connectivity index (χ0v) is 22.1. The summed E-state index contributed by atoms with van der Waals surface area (Å²) in [5.74, 6) is 1.81. The summed E-state index contributed by atoms with van der Waals surface area (Å²) in [6, 6.07) is 19.2. The number of aryl methyl sites for hydroxylation is 1. The molecule has 0 unspecified atom stereocenters. The number of fused-ring (bicyclic) bond motifs is 1. The van der Waals surface area contributed by atoms with E-state index >= 15 is 0 Å². The molecule has 0 aliphatic carbocycles. The van der Waals surface area contributed by atoms with Gasteiger partial charge in [0, 0.05) is 9.89 Å². The van der Waals surface area contributed by atoms with Crippen LogP contribution in [0.15, 0.2) is 75.0 Å². The number of methoxy groups -OCH3 is 1. The fourth-order valence-corrected chi connectivity index (χ4v) is 4.07. The van der Waals surface area contributed by atoms with Crippen molar-refractivity contribution in [3.05, 3.63) is 98.0 Å². The molecule has 0 aliphatic heterocycles. The third-order valence-corrected chi connectivity index (χ3v) is 5.96. The van der Waals surface area contributed by atoms with Crippen LogP contribution in [0.1, 0.15) is 43.3 Å². The number of aromatic nitrogens is 2. The highest BCUT2D eigenvalue weighted by Gasteiger charge is 2.23. The van der Waals surface area contributed by atoms with E-state index in [9.17, 15) is 4.79 Å². The Balaban J connectivity index is 1.67. The van der Waals surface area contributed by atoms with E-state index in [1.54, 1.807) is 19.4 Å². The van der Waals surface area contributed by atoms with Gasteiger partial charge in [-0.3, -0.25) is 4.79 Å². The number of hydrogen-bond acceptors (Lipinski definition) is 5. The van der Waals surface area contributed by atoms with Gasteiger partial charge < -0.3 is 9.47 Å². The van der Waals surface area contributed by atoms with Crippen molar-refractivity contribution in [1.29, 1.82) is 0 Å². The molecule has 35 heavy (non-hydrogen) atoms. The molecule has 0 aliphatic rings. The summed E-state index contributed by atoms with van der Waals surface area (Å²) in [5.41, 5.74) is 3.08. The molecule has 0 radical (unpaired) electrons. The second kappa shape index (κ2) is 10.0. The Morgan fingerprint density at radius 1 is 1.06 bits per heavy atom. The van der Waals surface area contributed by atoms with Crippen molar-refractivity contribution in [3.8, 4) is 11.5 Å². The van der Waals surface area contributed by atoms with Gasteiger partial charge in [0.05, 0.1) is 24.2 Å². The molecule has 0 amide bonds. The summed E-state index contributed by atoms with van der Waals surface area (Å²) in [4.78, 5) is 18.1. The van der Waals surface area contributed by atoms with Crippen LogP contribution in [0.3, 0.4) is 0 Å². The predicted molar refractivity (Wildman–Crippen MR) is 144 cm³/mol. The zero-order valence-electron chi connectivity index (χ0n) is 20.5. The van der Waals surface area contributed by atoms with Crippen LogP contribution in [0.5, 0.6) is 11.5 Å². The highest BCUT2D eigenvalue weighted by Crippen LogP contribution is 2.29. The van der Waals surface area contributed by atoms with E-state index in [-0.39, 0.29) is 11.0 Å². The van der Waals surface area contributed by atoms with E-state index in [1.165, 1.54) is 10.2 Å². The van der Waals surface area contributed by atoms with Crippen LogP contribution >= 0.6 is 15.9 Å². The molecule has 1 aromatic heterocycles. The average molecular weight is 534 g/mol. The third-order valence-electron chi connectivity index (χ3n) is 5.47. The number of benzene rings is 3. The summed E-state index contributed by atoms with van der Waals surface area (Å²) in [6.45, 7) is 8.52. The van der Waals surface area contributed by atoms with Crippen molar-refractivity contribution in [2.75, 3.05) is 7.11 Å². The lowest BCUT2D eigenvalue weighted by atomic mass is 9.95. The first kappa shape index (κ1) is 24.7. The van der Waals surface area contributed by atoms with Gasteiger partial charge in [0.1, 0.15) is 12.4 Å². The van der Waals surface area contributed by atoms with Crippen LogP contribution in [0.25, 0.3) is 10.9 Å². The van der Waals surface area contributed by atoms with Gasteiger partial charge in [-0.15, -0.1) is 0 Å². The van der Waals surface area contributed by atoms with Gasteiger partial charge in [0.15, 0.2) is 11.5 Å². The largest absolute Gasteiger partial charge is 0.493 e. The molecule has 1 heterocycles. The Labute approximate surface area is 213 Å². The standard InChI is InChI=1S/C28H28BrN3O3/c1-18-7-6-8-20(13-18)17-35-24-12-9-19(14-25(24)34-5)16-30-32-26(33)22-15-21(29)10-11-23(22)31-27(32)28(2,3)4/h6-16H,17H2,1-5H3. The van der Waals surface area contributed by atoms with E-state index in [1.807, 2.05) is 63.2 Å². The minimum absolute atomic E-state index is 0.220. The maximum atomic E-state index is 13.3. The van der Waals surface area contributed by atoms with Crippen LogP contribution in [0.2, 0.25) is 0 Å². The van der Waals surface area contributed by atoms with Gasteiger partial charge in [-0.05, 0) is 54.4 Å². The van der Waals surface area contributed by atoms with Gasteiger partial charge in [-0.2, -0.15) is 9.78 Å². The lowest BCUT2D eigenvalue weighted by molar-refractivity contribution is 0.284. The first-order valence-electron chi connectivity index (χ1n) is 11.3. The molecule has 180 valence electrons. The average Bonchev–Trinajstić information content (AvgIpc) is 2.82. The minimum atomic E-state index is -0.386. The molecule has 3 aromatic carbocycles. The second-order valence-electron chi connectivity index (χ2n) is 9.40. The molecule has 0 saturated carbocycles. The van der Waals surface area contributed by atoms with Crippen molar-refractivity contribution in [2.24, 2.45) is 5.10 Å². The normalized spacial score (nSPS) is 11.8. The summed E-state index contributed by atoms with van der Waals surface area (Å²) in [5, 5.41) is 5.04. The topological polar surface area (TPSA) is 65.7 Å². The van der Waals surface area contributed by atoms with E-state index in [0.717, 1.165) is 15.6 Å². The lowest BCUT2D eigenvalue weighted by Gasteiger charge is -2.20. The molecule has 6 nitrogen and oxygen atoms in total. The van der Waals surface area contributed by atoms with Crippen LogP contribution in [0.4, 0.5) is 0 Å². The van der Waals surface area contributed by atoms with Crippen molar-refractivity contribution < 1.29 is 9.47 Å². The Bertz CT molecular complexity index is 1470.